The van der Waals surface area contributed by atoms with Crippen molar-refractivity contribution in [2.45, 2.75) is 27.7 Å². The number of β-amino-alcohol motifs (C(OH)–C–C–N with tert-alkyl or cyclic N) is 1. The van der Waals surface area contributed by atoms with Crippen LogP contribution in [-0.2, 0) is 23.9 Å². The molecule has 4 aliphatic rings. The number of halogens is 1. The number of aromatic nitrogens is 4. The molecule has 0 spiro atoms. The molecule has 4 fully saturated rings. The zero-order valence-electron chi connectivity index (χ0n) is 42.3. The lowest BCUT2D eigenvalue weighted by molar-refractivity contribution is -0.120. The van der Waals surface area contributed by atoms with E-state index >= 15 is 0 Å². The number of anilines is 8. The number of aldehydes is 1. The van der Waals surface area contributed by atoms with E-state index in [9.17, 15) is 9.59 Å². The SMILES string of the molecule is C.C.Cl.O=C(Nc1ccc(-c2ccnc(Nc3ccc(N4CCOCC4)cc3)n2)cc1)[C@H]1CCN(CCO)C1.O=C(Nc1ccc(-c2ccnc(Nc3ccc(N4CCOCC4)cc3)n2)cc1)[C@H]1CCNC1.O=CCO.S.S. The van der Waals surface area contributed by atoms with Crippen LogP contribution in [0.1, 0.15) is 27.7 Å². The molecule has 6 heterocycles. The summed E-state index contributed by atoms with van der Waals surface area (Å²) in [7, 11) is 0. The Morgan fingerprint density at radius 3 is 1.42 bits per heavy atom. The van der Waals surface area contributed by atoms with Crippen molar-refractivity contribution >= 4 is 104 Å². The highest BCUT2D eigenvalue weighted by molar-refractivity contribution is 7.59. The number of nitrogens with one attached hydrogen (secondary N) is 5. The monoisotopic (exact) mass is 1130 g/mol. The Morgan fingerprint density at radius 1 is 0.603 bits per heavy atom. The molecule has 4 aromatic carbocycles. The largest absolute Gasteiger partial charge is 0.395 e. The summed E-state index contributed by atoms with van der Waals surface area (Å²) in [5.74, 6) is 1.16. The molecule has 2 amide bonds. The van der Waals surface area contributed by atoms with Crippen molar-refractivity contribution in [2.75, 3.05) is 130 Å². The van der Waals surface area contributed by atoms with Crippen LogP contribution in [0, 0.1) is 11.8 Å². The first kappa shape index (κ1) is 65.9. The topological polar surface area (TPSA) is 232 Å². The summed E-state index contributed by atoms with van der Waals surface area (Å²) in [4.78, 5) is 58.7. The molecular formula is C56H77ClN12O7S2. The quantitative estimate of drug-likeness (QED) is 0.0499. The van der Waals surface area contributed by atoms with E-state index in [2.05, 4.69) is 85.5 Å². The number of aliphatic hydroxyl groups is 2. The summed E-state index contributed by atoms with van der Waals surface area (Å²) in [5, 5.41) is 32.4. The van der Waals surface area contributed by atoms with Crippen LogP contribution in [0.4, 0.5) is 46.0 Å². The number of benzene rings is 4. The van der Waals surface area contributed by atoms with Gasteiger partial charge >= 0.3 is 0 Å². The number of carbonyl (C=O) groups is 3. The second-order valence-electron chi connectivity index (χ2n) is 17.8. The predicted molar refractivity (Wildman–Crippen MR) is 325 cm³/mol. The molecule has 422 valence electrons. The molecule has 0 radical (unpaired) electrons. The van der Waals surface area contributed by atoms with Crippen molar-refractivity contribution in [3.8, 4) is 22.5 Å². The first-order valence-corrected chi connectivity index (χ1v) is 24.8. The highest BCUT2D eigenvalue weighted by Crippen LogP contribution is 2.27. The zero-order valence-corrected chi connectivity index (χ0v) is 45.1. The van der Waals surface area contributed by atoms with Crippen LogP contribution in [0.25, 0.3) is 22.5 Å². The molecule has 6 aromatic rings. The molecule has 2 aromatic heterocycles. The summed E-state index contributed by atoms with van der Waals surface area (Å²) in [6.45, 7) is 10.3. The lowest BCUT2D eigenvalue weighted by Crippen LogP contribution is -2.36. The fraction of sp³-hybridized carbons (Fsp3) is 0.375. The molecule has 4 saturated heterocycles. The third kappa shape index (κ3) is 19.5. The molecule has 78 heavy (non-hydrogen) atoms. The van der Waals surface area contributed by atoms with Gasteiger partial charge in [0, 0.05) is 103 Å². The summed E-state index contributed by atoms with van der Waals surface area (Å²) >= 11 is 0. The number of rotatable bonds is 15. The molecule has 4 aliphatic heterocycles. The lowest BCUT2D eigenvalue weighted by atomic mass is 10.1. The molecule has 22 heteroatoms. The molecule has 10 rings (SSSR count). The lowest BCUT2D eigenvalue weighted by Gasteiger charge is -2.28. The molecule has 0 unspecified atom stereocenters. The van der Waals surface area contributed by atoms with Gasteiger partial charge in [-0.05, 0) is 111 Å². The first-order valence-electron chi connectivity index (χ1n) is 24.8. The van der Waals surface area contributed by atoms with Crippen LogP contribution in [0.3, 0.4) is 0 Å². The van der Waals surface area contributed by atoms with Gasteiger partial charge in [0.15, 0.2) is 0 Å². The Balaban J connectivity index is 0.000000363. The van der Waals surface area contributed by atoms with Crippen LogP contribution >= 0.6 is 39.4 Å². The van der Waals surface area contributed by atoms with E-state index in [4.69, 9.17) is 24.5 Å². The van der Waals surface area contributed by atoms with E-state index in [0.29, 0.717) is 31.3 Å². The van der Waals surface area contributed by atoms with Crippen molar-refractivity contribution in [1.29, 1.82) is 0 Å². The fourth-order valence-electron chi connectivity index (χ4n) is 8.78. The second-order valence-corrected chi connectivity index (χ2v) is 17.8. The van der Waals surface area contributed by atoms with Gasteiger partial charge in [-0.2, -0.15) is 27.0 Å². The number of hydrogen-bond acceptors (Lipinski definition) is 17. The number of aliphatic hydroxyl groups excluding tert-OH is 2. The highest BCUT2D eigenvalue weighted by Gasteiger charge is 2.28. The van der Waals surface area contributed by atoms with Crippen molar-refractivity contribution in [1.82, 2.24) is 30.2 Å². The van der Waals surface area contributed by atoms with Gasteiger partial charge < -0.3 is 65.8 Å². The van der Waals surface area contributed by atoms with Crippen molar-refractivity contribution < 1.29 is 34.1 Å². The van der Waals surface area contributed by atoms with Crippen LogP contribution in [-0.4, -0.2) is 152 Å². The van der Waals surface area contributed by atoms with E-state index in [1.54, 1.807) is 12.4 Å². The van der Waals surface area contributed by atoms with Crippen LogP contribution in [0.2, 0.25) is 0 Å². The van der Waals surface area contributed by atoms with Gasteiger partial charge in [-0.25, -0.2) is 19.9 Å². The number of hydrogen-bond donors (Lipinski definition) is 7. The second kappa shape index (κ2) is 34.5. The highest BCUT2D eigenvalue weighted by atomic mass is 35.5. The van der Waals surface area contributed by atoms with Crippen LogP contribution in [0.15, 0.2) is 122 Å². The van der Waals surface area contributed by atoms with Crippen LogP contribution < -0.4 is 36.4 Å². The number of carbonyl (C=O) groups excluding carboxylic acids is 3. The Morgan fingerprint density at radius 2 is 1.03 bits per heavy atom. The summed E-state index contributed by atoms with van der Waals surface area (Å²) in [6, 6.07) is 35.7. The van der Waals surface area contributed by atoms with Crippen molar-refractivity contribution in [3.05, 3.63) is 122 Å². The van der Waals surface area contributed by atoms with Gasteiger partial charge in [0.2, 0.25) is 23.7 Å². The molecule has 2 atom stereocenters. The van der Waals surface area contributed by atoms with Crippen LogP contribution in [0.5, 0.6) is 0 Å². The van der Waals surface area contributed by atoms with E-state index in [1.807, 2.05) is 84.9 Å². The minimum absolute atomic E-state index is 0. The number of likely N-dealkylation sites (tertiary alicyclic amines) is 1. The maximum atomic E-state index is 12.6. The standard InChI is InChI=1S/C27H32N6O3.C25H28N6O2.C2H4O2.2CH4.ClH.2H2S/c34-16-13-32-12-10-21(19-32)26(35)29-22-3-1-20(2-4-22)25-9-11-28-27(31-25)30-23-5-7-24(8-6-23)33-14-17-36-18-15-33;32-24(19-9-11-26-17-19)28-20-3-1-18(2-4-20)23-10-12-27-25(30-23)29-21-5-7-22(8-6-21)31-13-15-33-16-14-31;3-1-2-4;;;;;/h1-9,11,21,34H,10,12-19H2,(H,29,35)(H,28,30,31);1-8,10,12,19,26H,9,11,13-17H2,(H,28,32)(H,27,29,30);1,4H,2H2;2*1H4;1H;2*1H2/t21-;19-;;;;;;/m00....../s1. The Labute approximate surface area is 478 Å². The minimum Gasteiger partial charge on any atom is -0.395 e. The molecule has 0 bridgehead atoms. The number of morpholine rings is 2. The fourth-order valence-corrected chi connectivity index (χ4v) is 8.78. The zero-order chi connectivity index (χ0) is 50.6. The number of amides is 2. The summed E-state index contributed by atoms with van der Waals surface area (Å²) < 4.78 is 10.9. The van der Waals surface area contributed by atoms with E-state index in [1.165, 1.54) is 11.4 Å². The Hall–Kier alpha value is -6.40. The molecule has 19 nitrogen and oxygen atoms in total. The predicted octanol–water partition coefficient (Wildman–Crippen LogP) is 7.35. The van der Waals surface area contributed by atoms with Gasteiger partial charge in [0.25, 0.3) is 0 Å². The molecule has 7 N–H and O–H groups in total. The summed E-state index contributed by atoms with van der Waals surface area (Å²) in [6.07, 6.45) is 5.61. The molecular weight excluding hydrogens is 1050 g/mol. The van der Waals surface area contributed by atoms with E-state index < -0.39 is 0 Å². The smallest absolute Gasteiger partial charge is 0.228 e. The minimum atomic E-state index is -0.361. The van der Waals surface area contributed by atoms with E-state index in [0.717, 1.165) is 130 Å². The van der Waals surface area contributed by atoms with Gasteiger partial charge in [-0.15, -0.1) is 12.4 Å². The average Bonchev–Trinajstić information content (AvgIpc) is 4.18. The summed E-state index contributed by atoms with van der Waals surface area (Å²) in [5.41, 5.74) is 9.30. The number of ether oxygens (including phenoxy) is 2. The third-order valence-electron chi connectivity index (χ3n) is 12.8. The molecule has 0 saturated carbocycles. The number of nitrogens with zero attached hydrogens (tertiary/aromatic N) is 7. The van der Waals surface area contributed by atoms with Gasteiger partial charge in [-0.3, -0.25) is 9.59 Å². The van der Waals surface area contributed by atoms with Gasteiger partial charge in [-0.1, -0.05) is 39.1 Å². The van der Waals surface area contributed by atoms with Gasteiger partial charge in [0.05, 0.1) is 62.9 Å². The maximum Gasteiger partial charge on any atom is 0.228 e. The molecule has 0 aliphatic carbocycles. The Kier molecular flexibility index (Phi) is 29.1. The average molecular weight is 1130 g/mol. The normalized spacial score (nSPS) is 16.4. The van der Waals surface area contributed by atoms with Crippen molar-refractivity contribution in [3.63, 3.8) is 0 Å². The maximum absolute atomic E-state index is 12.6. The first-order chi connectivity index (χ1) is 35.8. The van der Waals surface area contributed by atoms with E-state index in [-0.39, 0.29) is 91.1 Å². The van der Waals surface area contributed by atoms with Crippen molar-refractivity contribution in [2.24, 2.45) is 11.8 Å². The Bertz CT molecular complexity index is 2680. The van der Waals surface area contributed by atoms with Gasteiger partial charge in [0.1, 0.15) is 6.29 Å². The third-order valence-corrected chi connectivity index (χ3v) is 12.8.